The normalized spacial score (nSPS) is 12.4. The minimum Gasteiger partial charge on any atom is -0.464 e. The molecule has 0 saturated heterocycles. The third-order valence-electron chi connectivity index (χ3n) is 4.93. The molecule has 2 aromatic carbocycles. The molecule has 1 amide bonds. The van der Waals surface area contributed by atoms with Crippen LogP contribution in [0, 0.1) is 17.2 Å². The number of imidazole rings is 1. The molecule has 3 aromatic rings. The molecule has 1 aromatic heterocycles. The van der Waals surface area contributed by atoms with Crippen molar-refractivity contribution < 1.29 is 23.1 Å². The second kappa shape index (κ2) is 10.5. The quantitative estimate of drug-likeness (QED) is 0.311. The number of benzene rings is 2. The lowest BCUT2D eigenvalue weighted by Gasteiger charge is -2.23. The zero-order valence-corrected chi connectivity index (χ0v) is 20.9. The Kier molecular flexibility index (Phi) is 7.94. The number of carbonyl (C=O) groups excluding carboxylic acids is 2. The summed E-state index contributed by atoms with van der Waals surface area (Å²) in [7, 11) is 0. The number of aromatic nitrogens is 2. The molecule has 178 valence electrons. The maximum absolute atomic E-state index is 15.0. The van der Waals surface area contributed by atoms with Gasteiger partial charge in [0.1, 0.15) is 10.6 Å². The monoisotopic (exact) mass is 550 g/mol. The summed E-state index contributed by atoms with van der Waals surface area (Å²) in [6, 6.07) is 11.2. The van der Waals surface area contributed by atoms with Crippen LogP contribution in [0.2, 0.25) is 0 Å². The molecular formula is C23H21BrF2N4O3S. The van der Waals surface area contributed by atoms with Crippen LogP contribution in [-0.2, 0) is 14.3 Å². The molecule has 0 bridgehead atoms. The van der Waals surface area contributed by atoms with Gasteiger partial charge in [0.05, 0.1) is 30.1 Å². The van der Waals surface area contributed by atoms with E-state index in [0.717, 1.165) is 0 Å². The Labute approximate surface area is 207 Å². The molecule has 1 heterocycles. The molecule has 34 heavy (non-hydrogen) atoms. The lowest BCUT2D eigenvalue weighted by atomic mass is 10.0. The van der Waals surface area contributed by atoms with E-state index >= 15 is 8.78 Å². The van der Waals surface area contributed by atoms with E-state index in [2.05, 4.69) is 32.3 Å². The third-order valence-corrected chi connectivity index (χ3v) is 6.40. The SMILES string of the molecule is CCOC(=O)[C@@H](NC(=O)C(F)(F)Sc1ncc(Br)n1-c1ccc(C#N)c2ccccc12)C(C)C. The van der Waals surface area contributed by atoms with Gasteiger partial charge in [0.2, 0.25) is 0 Å². The van der Waals surface area contributed by atoms with Crippen LogP contribution < -0.4 is 5.32 Å². The van der Waals surface area contributed by atoms with Crippen molar-refractivity contribution in [2.75, 3.05) is 6.61 Å². The van der Waals surface area contributed by atoms with Crippen LogP contribution >= 0.6 is 27.7 Å². The molecule has 1 N–H and O–H groups in total. The Hall–Kier alpha value is -2.97. The zero-order valence-electron chi connectivity index (χ0n) is 18.5. The summed E-state index contributed by atoms with van der Waals surface area (Å²) in [5, 5.41) is 8.72. The highest BCUT2D eigenvalue weighted by Crippen LogP contribution is 2.39. The Morgan fingerprint density at radius 2 is 1.94 bits per heavy atom. The lowest BCUT2D eigenvalue weighted by molar-refractivity contribution is -0.150. The molecule has 0 radical (unpaired) electrons. The van der Waals surface area contributed by atoms with E-state index in [9.17, 15) is 14.9 Å². The topological polar surface area (TPSA) is 97.0 Å². The van der Waals surface area contributed by atoms with Crippen molar-refractivity contribution in [2.45, 2.75) is 37.2 Å². The zero-order chi connectivity index (χ0) is 25.0. The van der Waals surface area contributed by atoms with Crippen molar-refractivity contribution in [1.82, 2.24) is 14.9 Å². The highest BCUT2D eigenvalue weighted by molar-refractivity contribution is 9.10. The molecule has 3 rings (SSSR count). The maximum atomic E-state index is 15.0. The van der Waals surface area contributed by atoms with E-state index in [0.29, 0.717) is 26.6 Å². The lowest BCUT2D eigenvalue weighted by Crippen LogP contribution is -2.50. The largest absolute Gasteiger partial charge is 0.464 e. The van der Waals surface area contributed by atoms with Crippen molar-refractivity contribution >= 4 is 50.3 Å². The first-order valence-electron chi connectivity index (χ1n) is 10.3. The van der Waals surface area contributed by atoms with Gasteiger partial charge in [0.15, 0.2) is 5.16 Å². The number of nitriles is 1. The molecule has 0 aliphatic carbocycles. The van der Waals surface area contributed by atoms with E-state index in [4.69, 9.17) is 4.74 Å². The molecule has 0 aliphatic rings. The van der Waals surface area contributed by atoms with Crippen LogP contribution in [-0.4, -0.2) is 39.3 Å². The van der Waals surface area contributed by atoms with Gasteiger partial charge in [0, 0.05) is 10.8 Å². The fourth-order valence-electron chi connectivity index (χ4n) is 3.30. The number of carbonyl (C=O) groups is 2. The van der Waals surface area contributed by atoms with Gasteiger partial charge in [-0.25, -0.2) is 9.78 Å². The molecule has 0 fully saturated rings. The van der Waals surface area contributed by atoms with E-state index in [1.807, 2.05) is 0 Å². The van der Waals surface area contributed by atoms with E-state index in [-0.39, 0.29) is 23.5 Å². The van der Waals surface area contributed by atoms with Crippen molar-refractivity contribution in [3.8, 4) is 11.8 Å². The molecule has 0 saturated carbocycles. The third kappa shape index (κ3) is 5.23. The van der Waals surface area contributed by atoms with Gasteiger partial charge in [-0.15, -0.1) is 0 Å². The number of thioether (sulfide) groups is 1. The smallest absolute Gasteiger partial charge is 0.377 e. The fraction of sp³-hybridized carbons (Fsp3) is 0.304. The number of ether oxygens (including phenoxy) is 1. The molecule has 1 atom stereocenters. The molecular weight excluding hydrogens is 530 g/mol. The number of nitrogens with zero attached hydrogens (tertiary/aromatic N) is 3. The number of esters is 1. The fourth-order valence-corrected chi connectivity index (χ4v) is 4.65. The summed E-state index contributed by atoms with van der Waals surface area (Å²) in [6.07, 6.45) is 1.35. The van der Waals surface area contributed by atoms with Gasteiger partial charge in [-0.3, -0.25) is 9.36 Å². The summed E-state index contributed by atoms with van der Waals surface area (Å²) in [4.78, 5) is 28.6. The molecule has 0 spiro atoms. The number of nitrogens with one attached hydrogen (secondary N) is 1. The first kappa shape index (κ1) is 25.6. The van der Waals surface area contributed by atoms with Crippen LogP contribution in [0.25, 0.3) is 16.5 Å². The number of amides is 1. The van der Waals surface area contributed by atoms with Gasteiger partial charge in [-0.05, 0) is 52.7 Å². The van der Waals surface area contributed by atoms with E-state index in [1.54, 1.807) is 57.2 Å². The summed E-state index contributed by atoms with van der Waals surface area (Å²) in [6.45, 7) is 4.89. The van der Waals surface area contributed by atoms with Gasteiger partial charge < -0.3 is 10.1 Å². The van der Waals surface area contributed by atoms with Crippen molar-refractivity contribution in [3.63, 3.8) is 0 Å². The number of alkyl halides is 2. The van der Waals surface area contributed by atoms with Crippen LogP contribution in [0.5, 0.6) is 0 Å². The molecule has 0 aliphatic heterocycles. The second-order valence-corrected chi connectivity index (χ2v) is 9.45. The van der Waals surface area contributed by atoms with E-state index < -0.39 is 29.1 Å². The number of rotatable bonds is 8. The van der Waals surface area contributed by atoms with Crippen LogP contribution in [0.3, 0.4) is 0 Å². The number of fused-ring (bicyclic) bond motifs is 1. The predicted octanol–water partition coefficient (Wildman–Crippen LogP) is 5.05. The Bertz CT molecular complexity index is 1270. The summed E-state index contributed by atoms with van der Waals surface area (Å²) < 4.78 is 36.7. The molecule has 0 unspecified atom stereocenters. The summed E-state index contributed by atoms with van der Waals surface area (Å²) in [5.74, 6) is -2.86. The Balaban J connectivity index is 1.96. The first-order valence-corrected chi connectivity index (χ1v) is 11.9. The van der Waals surface area contributed by atoms with Gasteiger partial charge in [0.25, 0.3) is 0 Å². The Morgan fingerprint density at radius 1 is 1.26 bits per heavy atom. The first-order chi connectivity index (χ1) is 16.1. The molecule has 11 heteroatoms. The van der Waals surface area contributed by atoms with Gasteiger partial charge in [-0.2, -0.15) is 14.0 Å². The van der Waals surface area contributed by atoms with Crippen molar-refractivity contribution in [2.24, 2.45) is 5.92 Å². The minimum absolute atomic E-state index is 0.0471. The minimum atomic E-state index is -3.94. The maximum Gasteiger partial charge on any atom is 0.377 e. The van der Waals surface area contributed by atoms with Crippen LogP contribution in [0.15, 0.2) is 52.4 Å². The molecule has 7 nitrogen and oxygen atoms in total. The summed E-state index contributed by atoms with van der Waals surface area (Å²) >= 11 is 3.28. The van der Waals surface area contributed by atoms with Crippen LogP contribution in [0.1, 0.15) is 26.3 Å². The van der Waals surface area contributed by atoms with Gasteiger partial charge in [-0.1, -0.05) is 38.1 Å². The predicted molar refractivity (Wildman–Crippen MR) is 128 cm³/mol. The second-order valence-electron chi connectivity index (χ2n) is 7.55. The average molecular weight is 551 g/mol. The van der Waals surface area contributed by atoms with Gasteiger partial charge >= 0.3 is 17.1 Å². The highest BCUT2D eigenvalue weighted by atomic mass is 79.9. The van der Waals surface area contributed by atoms with Crippen molar-refractivity contribution in [3.05, 3.63) is 52.8 Å². The van der Waals surface area contributed by atoms with E-state index in [1.165, 1.54) is 10.8 Å². The number of hydrogen-bond donors (Lipinski definition) is 1. The summed E-state index contributed by atoms with van der Waals surface area (Å²) in [5.41, 5.74) is 0.942. The number of halogens is 3. The standard InChI is InChI=1S/C23H21BrF2N4O3S/c1-4-33-20(31)19(13(2)3)29-21(32)23(25,26)34-22-28-12-18(24)30(22)17-10-9-14(11-27)15-7-5-6-8-16(15)17/h5-10,12-13,19H,4H2,1-3H3,(H,29,32)/t19-/m0/s1. The Morgan fingerprint density at radius 3 is 2.56 bits per heavy atom. The van der Waals surface area contributed by atoms with Crippen LogP contribution in [0.4, 0.5) is 8.78 Å². The number of hydrogen-bond acceptors (Lipinski definition) is 6. The average Bonchev–Trinajstić information content (AvgIpc) is 3.15. The highest BCUT2D eigenvalue weighted by Gasteiger charge is 2.44. The van der Waals surface area contributed by atoms with Crippen molar-refractivity contribution in [1.29, 1.82) is 5.26 Å².